The molecule has 1 N–H and O–H groups in total. The first-order valence-corrected chi connectivity index (χ1v) is 4.55. The first kappa shape index (κ1) is 12.4. The van der Waals surface area contributed by atoms with Crippen LogP contribution in [0.1, 0.15) is 5.56 Å². The number of hydrogen-bond donors (Lipinski definition) is 1. The van der Waals surface area contributed by atoms with Crippen molar-refractivity contribution >= 4 is 5.97 Å². The number of nitrogens with one attached hydrogen (secondary N) is 1. The Morgan fingerprint density at radius 3 is 2.47 bits per heavy atom. The minimum absolute atomic E-state index is 0. The molecule has 80 valence electrons. The van der Waals surface area contributed by atoms with Gasteiger partial charge in [0, 0.05) is 34.2 Å². The van der Waals surface area contributed by atoms with E-state index in [2.05, 4.69) is 11.4 Å². The van der Waals surface area contributed by atoms with Gasteiger partial charge in [-0.1, -0.05) is 0 Å². The van der Waals surface area contributed by atoms with Crippen LogP contribution in [0.4, 0.5) is 0 Å². The third kappa shape index (κ3) is 1.99. The molecular formula is C11H12NO2W-. The smallest absolute Gasteiger partial charge is 0.316 e. The normalized spacial score (nSPS) is 17.1. The van der Waals surface area contributed by atoms with E-state index in [9.17, 15) is 4.79 Å². The summed E-state index contributed by atoms with van der Waals surface area (Å²) in [6, 6.07) is 10.4. The van der Waals surface area contributed by atoms with Crippen LogP contribution in [0.5, 0.6) is 0 Å². The standard InChI is InChI=1S/C11H12NO2.W/c1-14-10(13)11(7-12-8-11)9-5-3-2-4-6-9;/h3-6,12H,7-8H2,1H3;/q-1;. The van der Waals surface area contributed by atoms with Crippen molar-refractivity contribution in [2.45, 2.75) is 5.41 Å². The second-order valence-corrected chi connectivity index (χ2v) is 3.47. The fourth-order valence-corrected chi connectivity index (χ4v) is 1.74. The average Bonchev–Trinajstić information content (AvgIpc) is 2.17. The molecule has 1 heterocycles. The Morgan fingerprint density at radius 1 is 1.47 bits per heavy atom. The molecule has 0 aromatic heterocycles. The zero-order valence-electron chi connectivity index (χ0n) is 8.45. The van der Waals surface area contributed by atoms with Crippen LogP contribution in [0.25, 0.3) is 0 Å². The summed E-state index contributed by atoms with van der Waals surface area (Å²) < 4.78 is 4.82. The van der Waals surface area contributed by atoms with Crippen LogP contribution in [-0.4, -0.2) is 26.2 Å². The second kappa shape index (κ2) is 4.91. The topological polar surface area (TPSA) is 38.3 Å². The summed E-state index contributed by atoms with van der Waals surface area (Å²) in [7, 11) is 1.43. The Labute approximate surface area is 103 Å². The first-order valence-electron chi connectivity index (χ1n) is 4.55. The van der Waals surface area contributed by atoms with Gasteiger partial charge in [0.05, 0.1) is 12.5 Å². The van der Waals surface area contributed by atoms with E-state index in [0.717, 1.165) is 5.56 Å². The second-order valence-electron chi connectivity index (χ2n) is 3.47. The average molecular weight is 374 g/mol. The Bertz CT molecular complexity index is 336. The van der Waals surface area contributed by atoms with Crippen molar-refractivity contribution in [1.82, 2.24) is 5.32 Å². The number of benzene rings is 1. The molecule has 0 bridgehead atoms. The van der Waals surface area contributed by atoms with Crippen molar-refractivity contribution in [3.8, 4) is 0 Å². The fourth-order valence-electron chi connectivity index (χ4n) is 1.74. The van der Waals surface area contributed by atoms with Crippen molar-refractivity contribution in [3.05, 3.63) is 35.9 Å². The third-order valence-corrected chi connectivity index (χ3v) is 2.70. The van der Waals surface area contributed by atoms with E-state index < -0.39 is 5.41 Å². The quantitative estimate of drug-likeness (QED) is 0.606. The Kier molecular flexibility index (Phi) is 4.06. The zero-order chi connectivity index (χ0) is 10.0. The molecule has 0 amide bonds. The number of carbonyl (C=O) groups excluding carboxylic acids is 1. The van der Waals surface area contributed by atoms with E-state index in [-0.39, 0.29) is 27.0 Å². The van der Waals surface area contributed by atoms with Crippen molar-refractivity contribution in [2.24, 2.45) is 0 Å². The summed E-state index contributed by atoms with van der Waals surface area (Å²) in [5.41, 5.74) is 0.533. The number of rotatable bonds is 2. The minimum Gasteiger partial charge on any atom is -0.468 e. The number of hydrogen-bond acceptors (Lipinski definition) is 3. The molecule has 3 nitrogen and oxygen atoms in total. The largest absolute Gasteiger partial charge is 0.468 e. The summed E-state index contributed by atoms with van der Waals surface area (Å²) in [6.45, 7) is 1.31. The minimum atomic E-state index is -0.468. The molecule has 1 saturated heterocycles. The molecule has 0 spiro atoms. The summed E-state index contributed by atoms with van der Waals surface area (Å²) >= 11 is 0. The molecule has 4 heteroatoms. The number of carbonyl (C=O) groups is 1. The van der Waals surface area contributed by atoms with Crippen LogP contribution in [0, 0.1) is 6.07 Å². The zero-order valence-corrected chi connectivity index (χ0v) is 11.4. The SMILES string of the molecule is COC(=O)C1(c2cc[c-]cc2)CNC1.[W]. The van der Waals surface area contributed by atoms with Gasteiger partial charge in [0.15, 0.2) is 0 Å². The maximum absolute atomic E-state index is 11.6. The maximum Gasteiger partial charge on any atom is 0.316 e. The van der Waals surface area contributed by atoms with Gasteiger partial charge in [-0.05, 0) is 0 Å². The van der Waals surface area contributed by atoms with Crippen LogP contribution in [0.15, 0.2) is 24.3 Å². The number of ether oxygens (including phenoxy) is 1. The van der Waals surface area contributed by atoms with Gasteiger partial charge in [-0.15, -0.1) is 5.56 Å². The fraction of sp³-hybridized carbons (Fsp3) is 0.364. The van der Waals surface area contributed by atoms with Gasteiger partial charge < -0.3 is 10.1 Å². The predicted molar refractivity (Wildman–Crippen MR) is 51.8 cm³/mol. The summed E-state index contributed by atoms with van der Waals surface area (Å²) in [5.74, 6) is -0.164. The summed E-state index contributed by atoms with van der Waals surface area (Å²) in [4.78, 5) is 11.6. The molecule has 0 atom stereocenters. The van der Waals surface area contributed by atoms with Crippen LogP contribution in [0.3, 0.4) is 0 Å². The van der Waals surface area contributed by atoms with Crippen LogP contribution < -0.4 is 5.32 Å². The molecule has 0 aliphatic carbocycles. The molecule has 1 aliphatic rings. The molecule has 0 saturated carbocycles. The van der Waals surface area contributed by atoms with E-state index in [1.807, 2.05) is 24.3 Å². The van der Waals surface area contributed by atoms with Gasteiger partial charge in [0.1, 0.15) is 0 Å². The molecule has 0 unspecified atom stereocenters. The van der Waals surface area contributed by atoms with Crippen molar-refractivity contribution in [2.75, 3.05) is 20.2 Å². The number of methoxy groups -OCH3 is 1. The van der Waals surface area contributed by atoms with Crippen molar-refractivity contribution < 1.29 is 30.6 Å². The monoisotopic (exact) mass is 374 g/mol. The molecule has 15 heavy (non-hydrogen) atoms. The summed E-state index contributed by atoms with van der Waals surface area (Å²) in [5, 5.41) is 3.10. The van der Waals surface area contributed by atoms with Gasteiger partial charge in [-0.2, -0.15) is 30.3 Å². The number of esters is 1. The molecule has 1 aromatic carbocycles. The first-order chi connectivity index (χ1) is 6.79. The van der Waals surface area contributed by atoms with E-state index in [1.165, 1.54) is 7.11 Å². The van der Waals surface area contributed by atoms with E-state index in [4.69, 9.17) is 4.74 Å². The third-order valence-electron chi connectivity index (χ3n) is 2.70. The molecular weight excluding hydrogens is 362 g/mol. The van der Waals surface area contributed by atoms with E-state index >= 15 is 0 Å². The van der Waals surface area contributed by atoms with Gasteiger partial charge in [-0.3, -0.25) is 4.79 Å². The Balaban J connectivity index is 0.00000112. The Hall–Kier alpha value is -0.662. The van der Waals surface area contributed by atoms with Crippen LogP contribution in [-0.2, 0) is 36.0 Å². The van der Waals surface area contributed by atoms with Gasteiger partial charge in [0.25, 0.3) is 0 Å². The molecule has 0 radical (unpaired) electrons. The van der Waals surface area contributed by atoms with Crippen molar-refractivity contribution in [1.29, 1.82) is 0 Å². The van der Waals surface area contributed by atoms with Gasteiger partial charge >= 0.3 is 5.97 Å². The van der Waals surface area contributed by atoms with Crippen molar-refractivity contribution in [3.63, 3.8) is 0 Å². The molecule has 1 aliphatic heterocycles. The molecule has 2 rings (SSSR count). The molecule has 1 fully saturated rings. The van der Waals surface area contributed by atoms with Crippen LogP contribution >= 0.6 is 0 Å². The van der Waals surface area contributed by atoms with E-state index in [0.29, 0.717) is 13.1 Å². The Morgan fingerprint density at radius 2 is 2.07 bits per heavy atom. The van der Waals surface area contributed by atoms with Gasteiger partial charge in [-0.25, -0.2) is 0 Å². The predicted octanol–water partition coefficient (Wildman–Crippen LogP) is 0.498. The van der Waals surface area contributed by atoms with Crippen LogP contribution in [0.2, 0.25) is 0 Å². The maximum atomic E-state index is 11.6. The molecule has 1 aromatic rings. The summed E-state index contributed by atoms with van der Waals surface area (Å²) in [6.07, 6.45) is 0. The van der Waals surface area contributed by atoms with E-state index in [1.54, 1.807) is 0 Å². The van der Waals surface area contributed by atoms with Gasteiger partial charge in [0.2, 0.25) is 0 Å².